The summed E-state index contributed by atoms with van der Waals surface area (Å²) < 4.78 is 2.74. The molecule has 23 heavy (non-hydrogen) atoms. The zero-order valence-electron chi connectivity index (χ0n) is 13.1. The van der Waals surface area contributed by atoms with Crippen molar-refractivity contribution in [3.63, 3.8) is 0 Å². The average Bonchev–Trinajstić information content (AvgIpc) is 2.86. The van der Waals surface area contributed by atoms with E-state index in [0.29, 0.717) is 5.92 Å². The minimum absolute atomic E-state index is 0.0712. The molecule has 1 aromatic carbocycles. The fourth-order valence-corrected chi connectivity index (χ4v) is 5.07. The molecule has 0 aliphatic heterocycles. The number of hydrogen-bond donors (Lipinski definition) is 0. The highest BCUT2D eigenvalue weighted by Crippen LogP contribution is 2.36. The van der Waals surface area contributed by atoms with Gasteiger partial charge in [0.2, 0.25) is 0 Å². The number of aryl methyl sites for hydroxylation is 2. The van der Waals surface area contributed by atoms with Crippen LogP contribution in [-0.4, -0.2) is 9.55 Å². The van der Waals surface area contributed by atoms with E-state index in [9.17, 15) is 4.79 Å². The van der Waals surface area contributed by atoms with Gasteiger partial charge in [-0.15, -0.1) is 11.3 Å². The lowest BCUT2D eigenvalue weighted by Gasteiger charge is -2.17. The molecule has 0 spiro atoms. The maximum absolute atomic E-state index is 13.2. The minimum Gasteiger partial charge on any atom is -0.268 e. The van der Waals surface area contributed by atoms with Crippen LogP contribution in [0, 0.1) is 12.8 Å². The number of benzene rings is 1. The van der Waals surface area contributed by atoms with Gasteiger partial charge in [0.05, 0.1) is 11.1 Å². The Hall–Kier alpha value is -1.46. The summed E-state index contributed by atoms with van der Waals surface area (Å²) in [5.41, 5.74) is 2.18. The van der Waals surface area contributed by atoms with Crippen molar-refractivity contribution >= 4 is 37.5 Å². The lowest BCUT2D eigenvalue weighted by Crippen LogP contribution is -2.23. The monoisotopic (exact) mass is 388 g/mol. The Kier molecular flexibility index (Phi) is 3.65. The van der Waals surface area contributed by atoms with E-state index in [1.165, 1.54) is 10.4 Å². The Balaban J connectivity index is 2.00. The van der Waals surface area contributed by atoms with Gasteiger partial charge < -0.3 is 0 Å². The van der Waals surface area contributed by atoms with E-state index in [1.807, 2.05) is 31.2 Å². The molecule has 118 valence electrons. The number of halogens is 1. The van der Waals surface area contributed by atoms with Crippen LogP contribution in [0.3, 0.4) is 0 Å². The Morgan fingerprint density at radius 2 is 2.04 bits per heavy atom. The number of thiophene rings is 1. The van der Waals surface area contributed by atoms with Gasteiger partial charge in [-0.3, -0.25) is 9.36 Å². The molecule has 0 saturated carbocycles. The summed E-state index contributed by atoms with van der Waals surface area (Å²) in [4.78, 5) is 20.2. The van der Waals surface area contributed by atoms with Crippen LogP contribution >= 0.6 is 27.3 Å². The van der Waals surface area contributed by atoms with Crippen molar-refractivity contribution in [2.24, 2.45) is 5.92 Å². The van der Waals surface area contributed by atoms with Gasteiger partial charge in [-0.2, -0.15) is 0 Å². The number of rotatable bonds is 1. The highest BCUT2D eigenvalue weighted by molar-refractivity contribution is 9.10. The summed E-state index contributed by atoms with van der Waals surface area (Å²) in [7, 11) is 0. The van der Waals surface area contributed by atoms with E-state index in [1.54, 1.807) is 15.9 Å². The van der Waals surface area contributed by atoms with Crippen LogP contribution in [0.4, 0.5) is 0 Å². The molecule has 0 N–H and O–H groups in total. The van der Waals surface area contributed by atoms with Crippen LogP contribution in [-0.2, 0) is 12.8 Å². The molecule has 2 aromatic heterocycles. The lowest BCUT2D eigenvalue weighted by molar-refractivity contribution is 0.509. The summed E-state index contributed by atoms with van der Waals surface area (Å²) in [6.07, 6.45) is 3.23. The van der Waals surface area contributed by atoms with E-state index >= 15 is 0 Å². The number of nitrogens with zero attached hydrogens (tertiary/aromatic N) is 2. The number of hydrogen-bond acceptors (Lipinski definition) is 3. The van der Waals surface area contributed by atoms with Crippen molar-refractivity contribution in [1.82, 2.24) is 9.55 Å². The largest absolute Gasteiger partial charge is 0.268 e. The van der Waals surface area contributed by atoms with Gasteiger partial charge in [-0.25, -0.2) is 4.98 Å². The second-order valence-corrected chi connectivity index (χ2v) is 8.31. The quantitative estimate of drug-likeness (QED) is 0.608. The summed E-state index contributed by atoms with van der Waals surface area (Å²) in [6.45, 7) is 4.19. The fraction of sp³-hybridized carbons (Fsp3) is 0.333. The maximum Gasteiger partial charge on any atom is 0.267 e. The first-order chi connectivity index (χ1) is 11.0. The van der Waals surface area contributed by atoms with Crippen LogP contribution in [0.15, 0.2) is 33.5 Å². The molecule has 3 nitrogen and oxygen atoms in total. The van der Waals surface area contributed by atoms with Gasteiger partial charge in [0.25, 0.3) is 5.56 Å². The van der Waals surface area contributed by atoms with Gasteiger partial charge in [0, 0.05) is 9.35 Å². The van der Waals surface area contributed by atoms with Gasteiger partial charge in [0.15, 0.2) is 0 Å². The molecular weight excluding hydrogens is 372 g/mol. The normalized spacial score (nSPS) is 17.4. The van der Waals surface area contributed by atoms with Crippen molar-refractivity contribution in [1.29, 1.82) is 0 Å². The Bertz CT molecular complexity index is 956. The van der Waals surface area contributed by atoms with Crippen molar-refractivity contribution in [2.75, 3.05) is 0 Å². The van der Waals surface area contributed by atoms with Gasteiger partial charge >= 0.3 is 0 Å². The lowest BCUT2D eigenvalue weighted by atomic mass is 9.89. The smallest absolute Gasteiger partial charge is 0.267 e. The predicted octanol–water partition coefficient (Wildman–Crippen LogP) is 4.64. The fourth-order valence-electron chi connectivity index (χ4n) is 3.39. The van der Waals surface area contributed by atoms with Crippen molar-refractivity contribution < 1.29 is 0 Å². The number of fused-ring (bicyclic) bond motifs is 3. The predicted molar refractivity (Wildman–Crippen MR) is 98.8 cm³/mol. The van der Waals surface area contributed by atoms with Crippen LogP contribution in [0.5, 0.6) is 0 Å². The van der Waals surface area contributed by atoms with E-state index in [4.69, 9.17) is 4.98 Å². The molecule has 2 heterocycles. The molecule has 0 amide bonds. The molecule has 1 aliphatic rings. The molecule has 0 saturated heterocycles. The third kappa shape index (κ3) is 2.46. The van der Waals surface area contributed by atoms with Crippen LogP contribution < -0.4 is 5.56 Å². The molecule has 4 rings (SSSR count). The van der Waals surface area contributed by atoms with Gasteiger partial charge in [-0.05, 0) is 61.9 Å². The zero-order chi connectivity index (χ0) is 16.1. The third-order valence-corrected chi connectivity index (χ3v) is 6.26. The van der Waals surface area contributed by atoms with Gasteiger partial charge in [0.1, 0.15) is 10.7 Å². The van der Waals surface area contributed by atoms with Crippen molar-refractivity contribution in [3.05, 3.63) is 55.4 Å². The first-order valence-electron chi connectivity index (χ1n) is 7.84. The molecular formula is C18H17BrN2OS. The molecule has 0 fully saturated rings. The molecule has 0 bridgehead atoms. The highest BCUT2D eigenvalue weighted by atomic mass is 79.9. The zero-order valence-corrected chi connectivity index (χ0v) is 15.5. The first-order valence-corrected chi connectivity index (χ1v) is 9.45. The summed E-state index contributed by atoms with van der Waals surface area (Å²) >= 11 is 5.15. The maximum atomic E-state index is 13.2. The van der Waals surface area contributed by atoms with E-state index in [0.717, 1.165) is 45.5 Å². The highest BCUT2D eigenvalue weighted by Gasteiger charge is 2.24. The third-order valence-electron chi connectivity index (χ3n) is 4.58. The second kappa shape index (κ2) is 5.56. The Labute approximate surface area is 147 Å². The van der Waals surface area contributed by atoms with E-state index in [2.05, 4.69) is 22.9 Å². The van der Waals surface area contributed by atoms with Crippen LogP contribution in [0.1, 0.15) is 29.6 Å². The molecule has 0 unspecified atom stereocenters. The standard InChI is InChI=1S/C18H17BrN2OS/c1-10-3-8-14-15(9-10)23-17-16(14)18(22)21(11(2)20-17)13-6-4-12(19)5-7-13/h4-7,10H,3,8-9H2,1-2H3/t10-/m0/s1. The summed E-state index contributed by atoms with van der Waals surface area (Å²) in [6, 6.07) is 7.81. The topological polar surface area (TPSA) is 34.9 Å². The van der Waals surface area contributed by atoms with Crippen molar-refractivity contribution in [2.45, 2.75) is 33.1 Å². The summed E-state index contributed by atoms with van der Waals surface area (Å²) in [5, 5.41) is 0.838. The minimum atomic E-state index is 0.0712. The van der Waals surface area contributed by atoms with Gasteiger partial charge in [-0.1, -0.05) is 22.9 Å². The first kappa shape index (κ1) is 15.1. The summed E-state index contributed by atoms with van der Waals surface area (Å²) in [5.74, 6) is 1.45. The molecule has 3 aromatic rings. The molecule has 1 atom stereocenters. The molecule has 5 heteroatoms. The SMILES string of the molecule is Cc1nc2sc3c(c2c(=O)n1-c1ccc(Br)cc1)CC[C@H](C)C3. The number of aromatic nitrogens is 2. The Morgan fingerprint density at radius 1 is 1.30 bits per heavy atom. The Morgan fingerprint density at radius 3 is 2.78 bits per heavy atom. The molecule has 1 aliphatic carbocycles. The van der Waals surface area contributed by atoms with E-state index < -0.39 is 0 Å². The van der Waals surface area contributed by atoms with E-state index in [-0.39, 0.29) is 5.56 Å². The average molecular weight is 389 g/mol. The van der Waals surface area contributed by atoms with Crippen LogP contribution in [0.2, 0.25) is 0 Å². The van der Waals surface area contributed by atoms with Crippen LogP contribution in [0.25, 0.3) is 15.9 Å². The van der Waals surface area contributed by atoms with Crippen molar-refractivity contribution in [3.8, 4) is 5.69 Å². The molecule has 0 radical (unpaired) electrons. The second-order valence-electron chi connectivity index (χ2n) is 6.31.